The molecule has 0 heterocycles. The predicted molar refractivity (Wildman–Crippen MR) is 67.4 cm³/mol. The van der Waals surface area contributed by atoms with Crippen molar-refractivity contribution in [3.05, 3.63) is 39.7 Å². The number of nitro groups is 1. The molecule has 0 saturated heterocycles. The van der Waals surface area contributed by atoms with Gasteiger partial charge in [-0.25, -0.2) is 4.39 Å². The maximum Gasteiger partial charge on any atom is 0.270 e. The molecule has 5 nitrogen and oxygen atoms in total. The second-order valence-electron chi connectivity index (χ2n) is 4.71. The summed E-state index contributed by atoms with van der Waals surface area (Å²) in [6.07, 6.45) is 2.17. The van der Waals surface area contributed by atoms with Crippen molar-refractivity contribution >= 4 is 11.6 Å². The Morgan fingerprint density at radius 2 is 2.21 bits per heavy atom. The second kappa shape index (κ2) is 5.34. The SMILES string of the molecule is CCN(CC1CC1)C(=O)c1cc([N+](=O)[O-])ccc1F. The number of carbonyl (C=O) groups is 1. The van der Waals surface area contributed by atoms with Crippen LogP contribution in [0.2, 0.25) is 0 Å². The minimum absolute atomic E-state index is 0.225. The zero-order valence-corrected chi connectivity index (χ0v) is 10.6. The predicted octanol–water partition coefficient (Wildman–Crippen LogP) is 2.61. The lowest BCUT2D eigenvalue weighted by atomic mass is 10.1. The van der Waals surface area contributed by atoms with Crippen LogP contribution in [-0.4, -0.2) is 28.8 Å². The maximum absolute atomic E-state index is 13.7. The molecule has 1 aromatic carbocycles. The van der Waals surface area contributed by atoms with Crippen LogP contribution in [0, 0.1) is 21.8 Å². The molecule has 1 amide bonds. The van der Waals surface area contributed by atoms with Gasteiger partial charge in [0.05, 0.1) is 10.5 Å². The lowest BCUT2D eigenvalue weighted by Gasteiger charge is -2.20. The summed E-state index contributed by atoms with van der Waals surface area (Å²) >= 11 is 0. The standard InChI is InChI=1S/C13H15FN2O3/c1-2-15(8-9-3-4-9)13(17)11-7-10(16(18)19)5-6-12(11)14/h5-7,9H,2-4,8H2,1H3. The molecule has 1 aliphatic carbocycles. The molecule has 2 rings (SSSR count). The van der Waals surface area contributed by atoms with E-state index in [-0.39, 0.29) is 11.3 Å². The fourth-order valence-corrected chi connectivity index (χ4v) is 1.93. The van der Waals surface area contributed by atoms with Gasteiger partial charge in [-0.15, -0.1) is 0 Å². The molecule has 0 unspecified atom stereocenters. The van der Waals surface area contributed by atoms with Crippen molar-refractivity contribution in [2.45, 2.75) is 19.8 Å². The number of halogens is 1. The molecule has 6 heteroatoms. The number of rotatable bonds is 5. The normalized spacial score (nSPS) is 14.2. The Kier molecular flexibility index (Phi) is 3.78. The number of hydrogen-bond acceptors (Lipinski definition) is 3. The van der Waals surface area contributed by atoms with E-state index < -0.39 is 16.6 Å². The van der Waals surface area contributed by atoms with E-state index in [1.165, 1.54) is 0 Å². The van der Waals surface area contributed by atoms with Crippen LogP contribution >= 0.6 is 0 Å². The van der Waals surface area contributed by atoms with Gasteiger partial charge in [-0.3, -0.25) is 14.9 Å². The molecule has 0 spiro atoms. The smallest absolute Gasteiger partial charge is 0.270 e. The lowest BCUT2D eigenvalue weighted by molar-refractivity contribution is -0.384. The van der Waals surface area contributed by atoms with Gasteiger partial charge in [0.1, 0.15) is 5.82 Å². The molecular formula is C13H15FN2O3. The molecule has 0 aliphatic heterocycles. The lowest BCUT2D eigenvalue weighted by Crippen LogP contribution is -2.33. The minimum Gasteiger partial charge on any atom is -0.339 e. The third kappa shape index (κ3) is 3.07. The summed E-state index contributed by atoms with van der Waals surface area (Å²) in [5, 5.41) is 10.7. The van der Waals surface area contributed by atoms with E-state index in [4.69, 9.17) is 0 Å². The highest BCUT2D eigenvalue weighted by Gasteiger charge is 2.28. The van der Waals surface area contributed by atoms with Crippen LogP contribution in [0.25, 0.3) is 0 Å². The number of non-ortho nitro benzene ring substituents is 1. The van der Waals surface area contributed by atoms with Crippen molar-refractivity contribution in [2.24, 2.45) is 5.92 Å². The highest BCUT2D eigenvalue weighted by molar-refractivity contribution is 5.95. The zero-order valence-electron chi connectivity index (χ0n) is 10.6. The maximum atomic E-state index is 13.7. The molecule has 0 bridgehead atoms. The Bertz CT molecular complexity index is 515. The molecule has 1 aliphatic rings. The molecular weight excluding hydrogens is 251 g/mol. The Morgan fingerprint density at radius 3 is 2.74 bits per heavy atom. The van der Waals surface area contributed by atoms with Crippen LogP contribution in [0.1, 0.15) is 30.1 Å². The largest absolute Gasteiger partial charge is 0.339 e. The van der Waals surface area contributed by atoms with E-state index in [1.807, 2.05) is 6.92 Å². The molecule has 0 radical (unpaired) electrons. The summed E-state index contributed by atoms with van der Waals surface area (Å²) in [7, 11) is 0. The Hall–Kier alpha value is -1.98. The Morgan fingerprint density at radius 1 is 1.53 bits per heavy atom. The van der Waals surface area contributed by atoms with Gasteiger partial charge in [-0.1, -0.05) is 0 Å². The zero-order chi connectivity index (χ0) is 14.0. The summed E-state index contributed by atoms with van der Waals surface area (Å²) in [5.41, 5.74) is -0.496. The van der Waals surface area contributed by atoms with Gasteiger partial charge in [0, 0.05) is 25.2 Å². The van der Waals surface area contributed by atoms with Gasteiger partial charge in [-0.05, 0) is 31.7 Å². The van der Waals surface area contributed by atoms with Crippen molar-refractivity contribution in [1.82, 2.24) is 4.90 Å². The molecule has 0 aromatic heterocycles. The summed E-state index contributed by atoms with van der Waals surface area (Å²) < 4.78 is 13.7. The second-order valence-corrected chi connectivity index (χ2v) is 4.71. The molecule has 0 atom stereocenters. The van der Waals surface area contributed by atoms with Crippen molar-refractivity contribution in [3.8, 4) is 0 Å². The van der Waals surface area contributed by atoms with Crippen LogP contribution < -0.4 is 0 Å². The van der Waals surface area contributed by atoms with E-state index in [9.17, 15) is 19.3 Å². The summed E-state index contributed by atoms with van der Waals surface area (Å²) in [5.74, 6) is -0.703. The first-order chi connectivity index (χ1) is 9.02. The van der Waals surface area contributed by atoms with Crippen molar-refractivity contribution in [2.75, 3.05) is 13.1 Å². The molecule has 0 N–H and O–H groups in total. The van der Waals surface area contributed by atoms with Gasteiger partial charge in [0.2, 0.25) is 0 Å². The van der Waals surface area contributed by atoms with E-state index in [0.717, 1.165) is 31.0 Å². The van der Waals surface area contributed by atoms with Crippen LogP contribution in [-0.2, 0) is 0 Å². The van der Waals surface area contributed by atoms with Gasteiger partial charge < -0.3 is 4.90 Å². The fraction of sp³-hybridized carbons (Fsp3) is 0.462. The average molecular weight is 266 g/mol. The van der Waals surface area contributed by atoms with Crippen LogP contribution in [0.15, 0.2) is 18.2 Å². The van der Waals surface area contributed by atoms with E-state index >= 15 is 0 Å². The van der Waals surface area contributed by atoms with Crippen LogP contribution in [0.4, 0.5) is 10.1 Å². The molecule has 1 fully saturated rings. The van der Waals surface area contributed by atoms with Gasteiger partial charge in [0.25, 0.3) is 11.6 Å². The quantitative estimate of drug-likeness (QED) is 0.608. The third-order valence-electron chi connectivity index (χ3n) is 3.24. The number of carbonyl (C=O) groups excluding carboxylic acids is 1. The molecule has 19 heavy (non-hydrogen) atoms. The molecule has 102 valence electrons. The number of hydrogen-bond donors (Lipinski definition) is 0. The minimum atomic E-state index is -0.718. The Balaban J connectivity index is 2.25. The van der Waals surface area contributed by atoms with Gasteiger partial charge in [0.15, 0.2) is 0 Å². The first kappa shape index (κ1) is 13.5. The van der Waals surface area contributed by atoms with E-state index in [0.29, 0.717) is 19.0 Å². The third-order valence-corrected chi connectivity index (χ3v) is 3.24. The first-order valence-electron chi connectivity index (χ1n) is 6.26. The van der Waals surface area contributed by atoms with Gasteiger partial charge in [-0.2, -0.15) is 0 Å². The number of amides is 1. The van der Waals surface area contributed by atoms with Crippen LogP contribution in [0.3, 0.4) is 0 Å². The number of nitro benzene ring substituents is 1. The average Bonchev–Trinajstić information content (AvgIpc) is 3.19. The Labute approximate surface area is 110 Å². The van der Waals surface area contributed by atoms with Gasteiger partial charge >= 0.3 is 0 Å². The molecule has 1 saturated carbocycles. The summed E-state index contributed by atoms with van der Waals surface area (Å²) in [6.45, 7) is 2.88. The monoisotopic (exact) mass is 266 g/mol. The number of benzene rings is 1. The fourth-order valence-electron chi connectivity index (χ4n) is 1.93. The summed E-state index contributed by atoms with van der Waals surface area (Å²) in [6, 6.07) is 3.03. The highest BCUT2D eigenvalue weighted by atomic mass is 19.1. The van der Waals surface area contributed by atoms with Crippen LogP contribution in [0.5, 0.6) is 0 Å². The van der Waals surface area contributed by atoms with Crippen molar-refractivity contribution in [3.63, 3.8) is 0 Å². The number of nitrogens with zero attached hydrogens (tertiary/aromatic N) is 2. The highest BCUT2D eigenvalue weighted by Crippen LogP contribution is 2.30. The first-order valence-corrected chi connectivity index (χ1v) is 6.26. The molecule has 1 aromatic rings. The van der Waals surface area contributed by atoms with Crippen molar-refractivity contribution in [1.29, 1.82) is 0 Å². The van der Waals surface area contributed by atoms with E-state index in [2.05, 4.69) is 0 Å². The summed E-state index contributed by atoms with van der Waals surface area (Å²) in [4.78, 5) is 23.8. The van der Waals surface area contributed by atoms with Crippen molar-refractivity contribution < 1.29 is 14.1 Å². The topological polar surface area (TPSA) is 63.5 Å². The van der Waals surface area contributed by atoms with E-state index in [1.54, 1.807) is 4.90 Å².